The lowest BCUT2D eigenvalue weighted by Gasteiger charge is -2.11. The lowest BCUT2D eigenvalue weighted by Crippen LogP contribution is -2.21. The van der Waals surface area contributed by atoms with Crippen LogP contribution in [0, 0.1) is 0 Å². The van der Waals surface area contributed by atoms with Crippen molar-refractivity contribution in [3.63, 3.8) is 0 Å². The quantitative estimate of drug-likeness (QED) is 0.248. The molecule has 0 saturated heterocycles. The van der Waals surface area contributed by atoms with Crippen LogP contribution < -0.4 is 20.1 Å². The zero-order valence-electron chi connectivity index (χ0n) is 20.1. The molecule has 3 aromatic carbocycles. The van der Waals surface area contributed by atoms with E-state index in [4.69, 9.17) is 9.47 Å². The minimum Gasteiger partial charge on any atom is -0.494 e. The molecule has 0 atom stereocenters. The Balaban J connectivity index is 1.34. The van der Waals surface area contributed by atoms with Crippen LogP contribution in [0.3, 0.4) is 0 Å². The summed E-state index contributed by atoms with van der Waals surface area (Å²) in [6.07, 6.45) is 6.64. The Morgan fingerprint density at radius 1 is 0.735 bits per heavy atom. The topological polar surface area (TPSA) is 59.6 Å². The number of benzene rings is 3. The molecule has 5 nitrogen and oxygen atoms in total. The van der Waals surface area contributed by atoms with E-state index >= 15 is 0 Å². The smallest absolute Gasteiger partial charge is 0.243 e. The maximum atomic E-state index is 12.3. The van der Waals surface area contributed by atoms with Crippen molar-refractivity contribution in [2.45, 2.75) is 45.4 Å². The van der Waals surface area contributed by atoms with Gasteiger partial charge in [-0.2, -0.15) is 0 Å². The molecule has 2 N–H and O–H groups in total. The number of carbonyl (C=O) groups is 1. The highest BCUT2D eigenvalue weighted by Gasteiger charge is 2.04. The van der Waals surface area contributed by atoms with Crippen LogP contribution in [0.1, 0.15) is 44.6 Å². The lowest BCUT2D eigenvalue weighted by atomic mass is 10.1. The summed E-state index contributed by atoms with van der Waals surface area (Å²) in [5.74, 6) is 1.50. The van der Waals surface area contributed by atoms with Gasteiger partial charge in [0.2, 0.25) is 5.91 Å². The molecule has 3 rings (SSSR count). The summed E-state index contributed by atoms with van der Waals surface area (Å²) in [6, 6.07) is 25.6. The molecule has 0 aliphatic carbocycles. The van der Waals surface area contributed by atoms with Crippen LogP contribution in [0.5, 0.6) is 11.5 Å². The van der Waals surface area contributed by atoms with E-state index in [0.29, 0.717) is 13.2 Å². The third-order valence-corrected chi connectivity index (χ3v) is 5.41. The molecule has 0 spiro atoms. The Morgan fingerprint density at radius 2 is 1.50 bits per heavy atom. The number of ether oxygens (including phenoxy) is 2. The van der Waals surface area contributed by atoms with Crippen LogP contribution in [-0.2, 0) is 11.2 Å². The van der Waals surface area contributed by atoms with Crippen molar-refractivity contribution in [3.05, 3.63) is 84.4 Å². The van der Waals surface area contributed by atoms with Gasteiger partial charge in [-0.3, -0.25) is 4.79 Å². The SMILES string of the molecule is CCCCCCOc1cccc(NC(=O)CNc2ccc(OCCCc3ccccc3)cc2)c1. The molecule has 0 fully saturated rings. The van der Waals surface area contributed by atoms with Crippen LogP contribution in [0.15, 0.2) is 78.9 Å². The molecule has 0 bridgehead atoms. The predicted molar refractivity (Wildman–Crippen MR) is 140 cm³/mol. The monoisotopic (exact) mass is 460 g/mol. The van der Waals surface area contributed by atoms with Crippen molar-refractivity contribution in [3.8, 4) is 11.5 Å². The van der Waals surface area contributed by atoms with Gasteiger partial charge in [-0.1, -0.05) is 62.6 Å². The molecule has 0 aliphatic heterocycles. The highest BCUT2D eigenvalue weighted by Crippen LogP contribution is 2.19. The number of rotatable bonds is 15. The Hall–Kier alpha value is -3.47. The van der Waals surface area contributed by atoms with Gasteiger partial charge in [0.25, 0.3) is 0 Å². The number of aryl methyl sites for hydroxylation is 1. The summed E-state index contributed by atoms with van der Waals surface area (Å²) in [7, 11) is 0. The van der Waals surface area contributed by atoms with Gasteiger partial charge < -0.3 is 20.1 Å². The zero-order chi connectivity index (χ0) is 23.8. The van der Waals surface area contributed by atoms with Crippen molar-refractivity contribution >= 4 is 17.3 Å². The second kappa shape index (κ2) is 14.6. The third kappa shape index (κ3) is 9.57. The Labute approximate surface area is 203 Å². The minimum absolute atomic E-state index is 0.110. The number of unbranched alkanes of at least 4 members (excludes halogenated alkanes) is 3. The number of anilines is 2. The van der Waals surface area contributed by atoms with E-state index < -0.39 is 0 Å². The van der Waals surface area contributed by atoms with Crippen molar-refractivity contribution in [1.82, 2.24) is 0 Å². The number of carbonyl (C=O) groups excluding carboxylic acids is 1. The molecular formula is C29H36N2O3. The maximum absolute atomic E-state index is 12.3. The molecule has 1 amide bonds. The molecular weight excluding hydrogens is 424 g/mol. The molecule has 0 radical (unpaired) electrons. The molecule has 0 aliphatic rings. The van der Waals surface area contributed by atoms with Gasteiger partial charge in [-0.25, -0.2) is 0 Å². The number of hydrogen-bond acceptors (Lipinski definition) is 4. The standard InChI is InChI=1S/C29H36N2O3/c1-2-3-4-8-20-34-28-15-9-14-26(22-28)31-29(32)23-30-25-16-18-27(19-17-25)33-21-10-13-24-11-6-5-7-12-24/h5-7,9,11-12,14-19,22,30H,2-4,8,10,13,20-21,23H2,1H3,(H,31,32). The largest absolute Gasteiger partial charge is 0.494 e. The predicted octanol–water partition coefficient (Wildman–Crippen LogP) is 6.71. The van der Waals surface area contributed by atoms with Crippen LogP contribution in [0.25, 0.3) is 0 Å². The van der Waals surface area contributed by atoms with Crippen molar-refractivity contribution in [2.75, 3.05) is 30.4 Å². The highest BCUT2D eigenvalue weighted by molar-refractivity contribution is 5.93. The normalized spacial score (nSPS) is 10.5. The summed E-state index contributed by atoms with van der Waals surface area (Å²) >= 11 is 0. The van der Waals surface area contributed by atoms with E-state index in [-0.39, 0.29) is 12.5 Å². The molecule has 34 heavy (non-hydrogen) atoms. The van der Waals surface area contributed by atoms with Gasteiger partial charge in [0.05, 0.1) is 19.8 Å². The van der Waals surface area contributed by atoms with Crippen LogP contribution >= 0.6 is 0 Å². The summed E-state index contributed by atoms with van der Waals surface area (Å²) in [5, 5.41) is 6.07. The van der Waals surface area contributed by atoms with E-state index in [2.05, 4.69) is 41.8 Å². The van der Waals surface area contributed by atoms with Gasteiger partial charge in [0.15, 0.2) is 0 Å². The zero-order valence-corrected chi connectivity index (χ0v) is 20.1. The summed E-state index contributed by atoms with van der Waals surface area (Å²) < 4.78 is 11.6. The van der Waals surface area contributed by atoms with E-state index in [1.807, 2.05) is 54.6 Å². The highest BCUT2D eigenvalue weighted by atomic mass is 16.5. The fourth-order valence-corrected chi connectivity index (χ4v) is 3.55. The number of nitrogens with one attached hydrogen (secondary N) is 2. The van der Waals surface area contributed by atoms with E-state index in [9.17, 15) is 4.79 Å². The second-order valence-corrected chi connectivity index (χ2v) is 8.30. The van der Waals surface area contributed by atoms with Crippen molar-refractivity contribution in [1.29, 1.82) is 0 Å². The van der Waals surface area contributed by atoms with Gasteiger partial charge in [0, 0.05) is 17.4 Å². The van der Waals surface area contributed by atoms with Crippen LogP contribution in [0.2, 0.25) is 0 Å². The fraction of sp³-hybridized carbons (Fsp3) is 0.345. The molecule has 0 heterocycles. The van der Waals surface area contributed by atoms with E-state index in [0.717, 1.165) is 42.1 Å². The Morgan fingerprint density at radius 3 is 2.29 bits per heavy atom. The second-order valence-electron chi connectivity index (χ2n) is 8.30. The molecule has 0 unspecified atom stereocenters. The van der Waals surface area contributed by atoms with Gasteiger partial charge in [0.1, 0.15) is 11.5 Å². The first-order valence-electron chi connectivity index (χ1n) is 12.3. The summed E-state index contributed by atoms with van der Waals surface area (Å²) in [4.78, 5) is 12.3. The molecule has 3 aromatic rings. The van der Waals surface area contributed by atoms with Crippen LogP contribution in [0.4, 0.5) is 11.4 Å². The van der Waals surface area contributed by atoms with Crippen molar-refractivity contribution in [2.24, 2.45) is 0 Å². The fourth-order valence-electron chi connectivity index (χ4n) is 3.55. The molecule has 0 saturated carbocycles. The average molecular weight is 461 g/mol. The minimum atomic E-state index is -0.110. The van der Waals surface area contributed by atoms with Gasteiger partial charge >= 0.3 is 0 Å². The van der Waals surface area contributed by atoms with Crippen molar-refractivity contribution < 1.29 is 14.3 Å². The lowest BCUT2D eigenvalue weighted by molar-refractivity contribution is -0.114. The Bertz CT molecular complexity index is 974. The first-order chi connectivity index (χ1) is 16.7. The molecule has 5 heteroatoms. The number of hydrogen-bond donors (Lipinski definition) is 2. The average Bonchev–Trinajstić information content (AvgIpc) is 2.87. The van der Waals surface area contributed by atoms with Gasteiger partial charge in [-0.15, -0.1) is 0 Å². The maximum Gasteiger partial charge on any atom is 0.243 e. The van der Waals surface area contributed by atoms with E-state index in [1.165, 1.54) is 24.8 Å². The van der Waals surface area contributed by atoms with Gasteiger partial charge in [-0.05, 0) is 61.2 Å². The third-order valence-electron chi connectivity index (χ3n) is 5.41. The molecule has 180 valence electrons. The first-order valence-corrected chi connectivity index (χ1v) is 12.3. The van der Waals surface area contributed by atoms with Crippen LogP contribution in [-0.4, -0.2) is 25.7 Å². The summed E-state index contributed by atoms with van der Waals surface area (Å²) in [5.41, 5.74) is 2.93. The summed E-state index contributed by atoms with van der Waals surface area (Å²) in [6.45, 7) is 3.75. The molecule has 0 aromatic heterocycles. The Kier molecular flexibility index (Phi) is 10.8. The van der Waals surface area contributed by atoms with E-state index in [1.54, 1.807) is 0 Å². The first kappa shape index (κ1) is 25.2. The number of amides is 1.